The van der Waals surface area contributed by atoms with Gasteiger partial charge in [-0.1, -0.05) is 13.8 Å². The number of nitrogens with one attached hydrogen (secondary N) is 1. The molecule has 78 valence electrons. The van der Waals surface area contributed by atoms with Crippen molar-refractivity contribution in [3.8, 4) is 0 Å². The van der Waals surface area contributed by atoms with Crippen molar-refractivity contribution in [1.82, 2.24) is 10.2 Å². The minimum atomic E-state index is -4.33. The highest BCUT2D eigenvalue weighted by Crippen LogP contribution is 2.43. The van der Waals surface area contributed by atoms with Gasteiger partial charge in [0.25, 0.3) is 0 Å². The predicted octanol–water partition coefficient (Wildman–Crippen LogP) is 2.72. The van der Waals surface area contributed by atoms with Crippen molar-refractivity contribution in [2.24, 2.45) is 5.92 Å². The molecule has 2 unspecified atom stereocenters. The fourth-order valence-electron chi connectivity index (χ4n) is 2.03. The average molecular weight is 204 g/mol. The fraction of sp³-hybridized carbons (Fsp3) is 0.667. The van der Waals surface area contributed by atoms with Gasteiger partial charge in [-0.05, 0) is 18.3 Å². The third kappa shape index (κ3) is 1.22. The Bertz CT molecular complexity index is 353. The Morgan fingerprint density at radius 2 is 2.00 bits per heavy atom. The average Bonchev–Trinajstić information content (AvgIpc) is 2.54. The zero-order valence-corrected chi connectivity index (χ0v) is 7.94. The molecule has 2 rings (SSSR count). The number of alkyl halides is 3. The van der Waals surface area contributed by atoms with Crippen LogP contribution in [0, 0.1) is 5.92 Å². The van der Waals surface area contributed by atoms with Crippen molar-refractivity contribution < 1.29 is 13.2 Å². The highest BCUT2D eigenvalue weighted by Gasteiger charge is 2.42. The molecule has 0 saturated carbocycles. The summed E-state index contributed by atoms with van der Waals surface area (Å²) in [5.74, 6) is 0.209. The normalized spacial score (nSPS) is 26.6. The lowest BCUT2D eigenvalue weighted by Gasteiger charge is -2.12. The van der Waals surface area contributed by atoms with Gasteiger partial charge >= 0.3 is 6.18 Å². The van der Waals surface area contributed by atoms with Crippen LogP contribution in [0.25, 0.3) is 0 Å². The summed E-state index contributed by atoms with van der Waals surface area (Å²) in [6.45, 7) is 3.78. The van der Waals surface area contributed by atoms with Gasteiger partial charge in [-0.3, -0.25) is 5.10 Å². The molecular weight excluding hydrogens is 193 g/mol. The van der Waals surface area contributed by atoms with E-state index in [-0.39, 0.29) is 11.8 Å². The van der Waals surface area contributed by atoms with Crippen molar-refractivity contribution in [1.29, 1.82) is 0 Å². The molecule has 0 spiro atoms. The molecule has 2 nitrogen and oxygen atoms in total. The molecule has 1 aromatic rings. The summed E-state index contributed by atoms with van der Waals surface area (Å²) in [4.78, 5) is 0. The number of H-pyrrole nitrogens is 1. The minimum Gasteiger partial charge on any atom is -0.282 e. The Kier molecular flexibility index (Phi) is 1.87. The Balaban J connectivity index is 2.49. The van der Waals surface area contributed by atoms with E-state index in [2.05, 4.69) is 10.2 Å². The molecule has 0 saturated heterocycles. The summed E-state index contributed by atoms with van der Waals surface area (Å²) in [5, 5.41) is 5.83. The molecule has 1 aliphatic carbocycles. The first-order chi connectivity index (χ1) is 6.41. The second kappa shape index (κ2) is 2.74. The molecule has 5 heteroatoms. The van der Waals surface area contributed by atoms with E-state index in [1.54, 1.807) is 0 Å². The van der Waals surface area contributed by atoms with E-state index < -0.39 is 11.9 Å². The topological polar surface area (TPSA) is 28.7 Å². The van der Waals surface area contributed by atoms with Gasteiger partial charge in [0, 0.05) is 11.3 Å². The van der Waals surface area contributed by atoms with Crippen LogP contribution in [-0.2, 0) is 12.6 Å². The summed E-state index contributed by atoms with van der Waals surface area (Å²) in [5.41, 5.74) is 0.284. The van der Waals surface area contributed by atoms with Gasteiger partial charge in [0.1, 0.15) is 0 Å². The number of halogens is 3. The molecule has 1 aliphatic rings. The smallest absolute Gasteiger partial charge is 0.282 e. The zero-order valence-electron chi connectivity index (χ0n) is 7.94. The predicted molar refractivity (Wildman–Crippen MR) is 44.9 cm³/mol. The molecule has 2 atom stereocenters. The first-order valence-electron chi connectivity index (χ1n) is 4.55. The number of hydrogen-bond donors (Lipinski definition) is 1. The summed E-state index contributed by atoms with van der Waals surface area (Å²) >= 11 is 0. The van der Waals surface area contributed by atoms with Crippen LogP contribution in [0.2, 0.25) is 0 Å². The van der Waals surface area contributed by atoms with Crippen molar-refractivity contribution in [3.05, 3.63) is 17.0 Å². The van der Waals surface area contributed by atoms with Gasteiger partial charge < -0.3 is 0 Å². The summed E-state index contributed by atoms with van der Waals surface area (Å²) in [7, 11) is 0. The second-order valence-electron chi connectivity index (χ2n) is 3.93. The summed E-state index contributed by atoms with van der Waals surface area (Å²) in [6, 6.07) is 0. The number of rotatable bonds is 0. The Morgan fingerprint density at radius 3 is 2.57 bits per heavy atom. The molecule has 0 aliphatic heterocycles. The maximum absolute atomic E-state index is 12.5. The van der Waals surface area contributed by atoms with Gasteiger partial charge in [-0.2, -0.15) is 18.3 Å². The van der Waals surface area contributed by atoms with Crippen molar-refractivity contribution in [2.75, 3.05) is 0 Å². The van der Waals surface area contributed by atoms with Gasteiger partial charge in [0.05, 0.1) is 0 Å². The number of aromatic nitrogens is 2. The quantitative estimate of drug-likeness (QED) is 0.691. The Morgan fingerprint density at radius 1 is 1.36 bits per heavy atom. The number of aromatic amines is 1. The van der Waals surface area contributed by atoms with Gasteiger partial charge in [-0.15, -0.1) is 0 Å². The number of nitrogens with zero attached hydrogens (tertiary/aromatic N) is 1. The van der Waals surface area contributed by atoms with E-state index in [0.717, 1.165) is 0 Å². The van der Waals surface area contributed by atoms with E-state index in [0.29, 0.717) is 17.7 Å². The first kappa shape index (κ1) is 9.55. The SMILES string of the molecule is CC1Cc2[nH]nc(C(F)(F)F)c2C1C. The molecule has 1 N–H and O–H groups in total. The number of hydrogen-bond acceptors (Lipinski definition) is 1. The fourth-order valence-corrected chi connectivity index (χ4v) is 2.03. The van der Waals surface area contributed by atoms with Crippen molar-refractivity contribution >= 4 is 0 Å². The van der Waals surface area contributed by atoms with Crippen molar-refractivity contribution in [2.45, 2.75) is 32.4 Å². The molecule has 0 amide bonds. The van der Waals surface area contributed by atoms with Gasteiger partial charge in [0.15, 0.2) is 5.69 Å². The van der Waals surface area contributed by atoms with Crippen LogP contribution < -0.4 is 0 Å². The molecule has 0 fully saturated rings. The van der Waals surface area contributed by atoms with E-state index in [9.17, 15) is 13.2 Å². The maximum Gasteiger partial charge on any atom is 0.435 e. The van der Waals surface area contributed by atoms with Crippen LogP contribution >= 0.6 is 0 Å². The molecule has 14 heavy (non-hydrogen) atoms. The first-order valence-corrected chi connectivity index (χ1v) is 4.55. The third-order valence-corrected chi connectivity index (χ3v) is 2.99. The van der Waals surface area contributed by atoms with E-state index in [1.807, 2.05) is 13.8 Å². The molecular formula is C9H11F3N2. The van der Waals surface area contributed by atoms with E-state index in [1.165, 1.54) is 0 Å². The van der Waals surface area contributed by atoms with Gasteiger partial charge in [-0.25, -0.2) is 0 Å². The summed E-state index contributed by atoms with van der Waals surface area (Å²) < 4.78 is 37.5. The molecule has 0 bridgehead atoms. The number of fused-ring (bicyclic) bond motifs is 1. The van der Waals surface area contributed by atoms with Crippen LogP contribution in [-0.4, -0.2) is 10.2 Å². The zero-order chi connectivity index (χ0) is 10.5. The monoisotopic (exact) mass is 204 g/mol. The highest BCUT2D eigenvalue weighted by molar-refractivity contribution is 5.35. The molecule has 1 aromatic heterocycles. The molecule has 0 radical (unpaired) electrons. The Labute approximate surface area is 79.5 Å². The third-order valence-electron chi connectivity index (χ3n) is 2.99. The van der Waals surface area contributed by atoms with Crippen LogP contribution in [0.5, 0.6) is 0 Å². The highest BCUT2D eigenvalue weighted by atomic mass is 19.4. The summed E-state index contributed by atoms with van der Waals surface area (Å²) in [6.07, 6.45) is -3.66. The minimum absolute atomic E-state index is 0.0552. The Hall–Kier alpha value is -1.00. The van der Waals surface area contributed by atoms with Gasteiger partial charge in [0.2, 0.25) is 0 Å². The lowest BCUT2D eigenvalue weighted by atomic mass is 9.95. The van der Waals surface area contributed by atoms with Crippen LogP contribution in [0.4, 0.5) is 13.2 Å². The van der Waals surface area contributed by atoms with Crippen LogP contribution in [0.1, 0.15) is 36.7 Å². The standard InChI is InChI=1S/C9H11F3N2/c1-4-3-6-7(5(4)2)8(14-13-6)9(10,11)12/h4-5H,3H2,1-2H3,(H,13,14). The van der Waals surface area contributed by atoms with Crippen molar-refractivity contribution in [3.63, 3.8) is 0 Å². The lowest BCUT2D eigenvalue weighted by molar-refractivity contribution is -0.142. The molecule has 1 heterocycles. The second-order valence-corrected chi connectivity index (χ2v) is 3.93. The molecule has 0 aromatic carbocycles. The largest absolute Gasteiger partial charge is 0.435 e. The van der Waals surface area contributed by atoms with Crippen LogP contribution in [0.3, 0.4) is 0 Å². The van der Waals surface area contributed by atoms with Crippen LogP contribution in [0.15, 0.2) is 0 Å². The lowest BCUT2D eigenvalue weighted by Crippen LogP contribution is -2.11. The maximum atomic E-state index is 12.5. The van der Waals surface area contributed by atoms with E-state index in [4.69, 9.17) is 0 Å². The van der Waals surface area contributed by atoms with E-state index >= 15 is 0 Å².